The third-order valence-corrected chi connectivity index (χ3v) is 3.57. The van der Waals surface area contributed by atoms with Crippen molar-refractivity contribution in [3.8, 4) is 11.4 Å². The van der Waals surface area contributed by atoms with Gasteiger partial charge in [-0.25, -0.2) is 4.79 Å². The minimum atomic E-state index is -0.951. The minimum Gasteiger partial charge on any atom is -0.494 e. The van der Waals surface area contributed by atoms with Crippen molar-refractivity contribution in [1.82, 2.24) is 4.57 Å². The van der Waals surface area contributed by atoms with Crippen LogP contribution in [0.25, 0.3) is 5.69 Å². The van der Waals surface area contributed by atoms with E-state index in [9.17, 15) is 4.79 Å². The number of nitrogens with zero attached hydrogens (tertiary/aromatic N) is 2. The zero-order valence-electron chi connectivity index (χ0n) is 13.1. The summed E-state index contributed by atoms with van der Waals surface area (Å²) in [4.78, 5) is 15.6. The van der Waals surface area contributed by atoms with Gasteiger partial charge in [-0.1, -0.05) is 18.2 Å². The van der Waals surface area contributed by atoms with Crippen LogP contribution in [0.5, 0.6) is 5.75 Å². The van der Waals surface area contributed by atoms with E-state index in [1.165, 1.54) is 0 Å². The molecule has 120 valence electrons. The largest absolute Gasteiger partial charge is 0.494 e. The summed E-state index contributed by atoms with van der Waals surface area (Å²) < 4.78 is 7.17. The Morgan fingerprint density at radius 1 is 1.12 bits per heavy atom. The number of rotatable bonds is 5. The molecule has 5 heteroatoms. The van der Waals surface area contributed by atoms with Gasteiger partial charge in [0.1, 0.15) is 11.4 Å². The molecule has 0 aliphatic heterocycles. The van der Waals surface area contributed by atoms with E-state index in [1.807, 2.05) is 53.2 Å². The summed E-state index contributed by atoms with van der Waals surface area (Å²) in [5.74, 6) is -0.257. The quantitative estimate of drug-likeness (QED) is 0.724. The fraction of sp³-hybridized carbons (Fsp3) is 0.0526. The number of hydrogen-bond donors (Lipinski definition) is 1. The van der Waals surface area contributed by atoms with E-state index >= 15 is 0 Å². The highest BCUT2D eigenvalue weighted by molar-refractivity contribution is 5.88. The van der Waals surface area contributed by atoms with E-state index < -0.39 is 5.97 Å². The molecule has 0 fully saturated rings. The van der Waals surface area contributed by atoms with Crippen LogP contribution in [0.3, 0.4) is 0 Å². The van der Waals surface area contributed by atoms with Gasteiger partial charge >= 0.3 is 5.97 Å². The Morgan fingerprint density at radius 3 is 2.75 bits per heavy atom. The Balaban J connectivity index is 1.95. The standard InChI is InChI=1S/C19H16N2O3/c1-24-18-10-3-2-9-17(18)20-13-16-8-5-11-21(16)15-7-4-6-14(12-15)19(22)23/h2-13H,1H3,(H,22,23). The normalized spacial score (nSPS) is 10.9. The molecule has 0 spiro atoms. The van der Waals surface area contributed by atoms with Gasteiger partial charge in [-0.05, 0) is 42.5 Å². The Kier molecular flexibility index (Phi) is 4.43. The molecule has 1 N–H and O–H groups in total. The number of para-hydroxylation sites is 2. The molecule has 24 heavy (non-hydrogen) atoms. The second-order valence-electron chi connectivity index (χ2n) is 5.09. The molecule has 3 aromatic rings. The van der Waals surface area contributed by atoms with Crippen LogP contribution in [0.1, 0.15) is 16.1 Å². The van der Waals surface area contributed by atoms with Crippen molar-refractivity contribution in [2.45, 2.75) is 0 Å². The minimum absolute atomic E-state index is 0.244. The molecule has 2 aromatic carbocycles. The van der Waals surface area contributed by atoms with Crippen LogP contribution in [0.2, 0.25) is 0 Å². The van der Waals surface area contributed by atoms with Crippen molar-refractivity contribution in [3.63, 3.8) is 0 Å². The van der Waals surface area contributed by atoms with Crippen molar-refractivity contribution in [3.05, 3.63) is 78.1 Å². The molecule has 5 nitrogen and oxygen atoms in total. The molecule has 0 aliphatic rings. The van der Waals surface area contributed by atoms with Gasteiger partial charge in [0.15, 0.2) is 0 Å². The lowest BCUT2D eigenvalue weighted by Crippen LogP contribution is -2.01. The zero-order valence-corrected chi connectivity index (χ0v) is 13.1. The Bertz CT molecular complexity index is 897. The maximum absolute atomic E-state index is 11.1. The van der Waals surface area contributed by atoms with Gasteiger partial charge in [0.2, 0.25) is 0 Å². The molecule has 0 radical (unpaired) electrons. The number of aliphatic imine (C=N–C) groups is 1. The number of ether oxygens (including phenoxy) is 1. The van der Waals surface area contributed by atoms with Crippen LogP contribution in [-0.4, -0.2) is 29.0 Å². The van der Waals surface area contributed by atoms with Gasteiger partial charge in [0.25, 0.3) is 0 Å². The smallest absolute Gasteiger partial charge is 0.335 e. The second-order valence-corrected chi connectivity index (χ2v) is 5.09. The molecule has 0 aliphatic carbocycles. The Labute approximate surface area is 139 Å². The number of carboxylic acids is 1. The lowest BCUT2D eigenvalue weighted by Gasteiger charge is -2.07. The predicted molar refractivity (Wildman–Crippen MR) is 93.0 cm³/mol. The fourth-order valence-corrected chi connectivity index (χ4v) is 2.40. The van der Waals surface area contributed by atoms with Gasteiger partial charge in [0.05, 0.1) is 24.6 Å². The number of hydrogen-bond acceptors (Lipinski definition) is 3. The number of carbonyl (C=O) groups is 1. The van der Waals surface area contributed by atoms with Crippen molar-refractivity contribution in [2.24, 2.45) is 4.99 Å². The molecule has 1 heterocycles. The van der Waals surface area contributed by atoms with Gasteiger partial charge < -0.3 is 14.4 Å². The predicted octanol–water partition coefficient (Wildman–Crippen LogP) is 3.93. The SMILES string of the molecule is COc1ccccc1N=Cc1cccn1-c1cccc(C(=O)O)c1. The summed E-state index contributed by atoms with van der Waals surface area (Å²) in [7, 11) is 1.61. The van der Waals surface area contributed by atoms with Crippen LogP contribution >= 0.6 is 0 Å². The van der Waals surface area contributed by atoms with E-state index in [1.54, 1.807) is 31.5 Å². The maximum Gasteiger partial charge on any atom is 0.335 e. The first-order valence-electron chi connectivity index (χ1n) is 7.37. The third kappa shape index (κ3) is 3.20. The molecule has 0 saturated heterocycles. The average Bonchev–Trinajstić information content (AvgIpc) is 3.09. The highest BCUT2D eigenvalue weighted by Crippen LogP contribution is 2.26. The fourth-order valence-electron chi connectivity index (χ4n) is 2.40. The molecule has 3 rings (SSSR count). The number of methoxy groups -OCH3 is 1. The van der Waals surface area contributed by atoms with E-state index in [0.29, 0.717) is 5.75 Å². The second kappa shape index (κ2) is 6.83. The Hall–Kier alpha value is -3.34. The maximum atomic E-state index is 11.1. The van der Waals surface area contributed by atoms with Gasteiger partial charge in [-0.2, -0.15) is 0 Å². The van der Waals surface area contributed by atoms with E-state index in [4.69, 9.17) is 9.84 Å². The van der Waals surface area contributed by atoms with Gasteiger partial charge in [-0.15, -0.1) is 0 Å². The van der Waals surface area contributed by atoms with E-state index in [-0.39, 0.29) is 5.56 Å². The van der Waals surface area contributed by atoms with Gasteiger partial charge in [0, 0.05) is 11.9 Å². The van der Waals surface area contributed by atoms with Crippen LogP contribution in [0.15, 0.2) is 71.9 Å². The molecule has 0 bridgehead atoms. The van der Waals surface area contributed by atoms with E-state index in [2.05, 4.69) is 4.99 Å². The highest BCUT2D eigenvalue weighted by atomic mass is 16.5. The lowest BCUT2D eigenvalue weighted by atomic mass is 10.2. The molecule has 0 saturated carbocycles. The van der Waals surface area contributed by atoms with Crippen LogP contribution in [0, 0.1) is 0 Å². The Morgan fingerprint density at radius 2 is 1.96 bits per heavy atom. The molecule has 1 aromatic heterocycles. The number of aromatic carboxylic acids is 1. The summed E-state index contributed by atoms with van der Waals surface area (Å²) >= 11 is 0. The van der Waals surface area contributed by atoms with Crippen molar-refractivity contribution < 1.29 is 14.6 Å². The number of aromatic nitrogens is 1. The van der Waals surface area contributed by atoms with Crippen molar-refractivity contribution in [2.75, 3.05) is 7.11 Å². The first-order valence-corrected chi connectivity index (χ1v) is 7.37. The molecule has 0 amide bonds. The molecular formula is C19H16N2O3. The number of benzene rings is 2. The first-order chi connectivity index (χ1) is 11.7. The third-order valence-electron chi connectivity index (χ3n) is 3.57. The van der Waals surface area contributed by atoms with Crippen molar-refractivity contribution >= 4 is 17.9 Å². The monoisotopic (exact) mass is 320 g/mol. The first kappa shape index (κ1) is 15.6. The summed E-state index contributed by atoms with van der Waals surface area (Å²) in [6.45, 7) is 0. The topological polar surface area (TPSA) is 63.8 Å². The lowest BCUT2D eigenvalue weighted by molar-refractivity contribution is 0.0697. The highest BCUT2D eigenvalue weighted by Gasteiger charge is 2.06. The molecular weight excluding hydrogens is 304 g/mol. The summed E-state index contributed by atoms with van der Waals surface area (Å²) in [6.07, 6.45) is 3.59. The summed E-state index contributed by atoms with van der Waals surface area (Å²) in [5.41, 5.74) is 2.57. The van der Waals surface area contributed by atoms with Crippen LogP contribution in [-0.2, 0) is 0 Å². The van der Waals surface area contributed by atoms with Crippen molar-refractivity contribution in [1.29, 1.82) is 0 Å². The zero-order chi connectivity index (χ0) is 16.9. The summed E-state index contributed by atoms with van der Waals surface area (Å²) in [6, 6.07) is 18.1. The average molecular weight is 320 g/mol. The van der Waals surface area contributed by atoms with Gasteiger partial charge in [-0.3, -0.25) is 4.99 Å². The number of carboxylic acid groups (broad SMARTS) is 1. The van der Waals surface area contributed by atoms with Crippen LogP contribution < -0.4 is 4.74 Å². The molecule has 0 unspecified atom stereocenters. The molecule has 0 atom stereocenters. The van der Waals surface area contributed by atoms with Crippen LogP contribution in [0.4, 0.5) is 5.69 Å². The summed E-state index contributed by atoms with van der Waals surface area (Å²) in [5, 5.41) is 9.14. The van der Waals surface area contributed by atoms with E-state index in [0.717, 1.165) is 17.1 Å².